The lowest BCUT2D eigenvalue weighted by atomic mass is 10.2. The van der Waals surface area contributed by atoms with Crippen molar-refractivity contribution in [2.24, 2.45) is 0 Å². The Morgan fingerprint density at radius 1 is 1.21 bits per heavy atom. The predicted octanol–water partition coefficient (Wildman–Crippen LogP) is 2.24. The first-order chi connectivity index (χ1) is 8.97. The number of amides is 1. The lowest BCUT2D eigenvalue weighted by Crippen LogP contribution is -2.11. The van der Waals surface area contributed by atoms with Crippen LogP contribution in [0, 0.1) is 6.92 Å². The molecular formula is C13H11NO5. The molecule has 2 aromatic rings. The van der Waals surface area contributed by atoms with Crippen molar-refractivity contribution in [1.82, 2.24) is 0 Å². The Kier molecular flexibility index (Phi) is 3.24. The van der Waals surface area contributed by atoms with Crippen LogP contribution >= 0.6 is 0 Å². The summed E-state index contributed by atoms with van der Waals surface area (Å²) in [4.78, 5) is 22.5. The number of carbonyl (C=O) groups excluding carboxylic acids is 1. The van der Waals surface area contributed by atoms with Crippen LogP contribution in [-0.2, 0) is 0 Å². The number of phenolic OH excluding ortho intramolecular Hbond substituents is 1. The summed E-state index contributed by atoms with van der Waals surface area (Å²) in [6, 6.07) is 5.23. The molecule has 0 aliphatic carbocycles. The van der Waals surface area contributed by atoms with E-state index in [0.29, 0.717) is 11.3 Å². The van der Waals surface area contributed by atoms with Crippen LogP contribution in [0.5, 0.6) is 5.75 Å². The molecule has 0 bridgehead atoms. The van der Waals surface area contributed by atoms with Gasteiger partial charge in [0, 0.05) is 0 Å². The zero-order valence-electron chi connectivity index (χ0n) is 10.0. The standard InChI is InChI=1S/C13H11NO5/c1-7-4-9(6-19-7)12(16)14-10-3-2-8(13(17)18)5-11(10)15/h2-6,15H,1H3,(H,14,16)(H,17,18). The smallest absolute Gasteiger partial charge is 0.335 e. The van der Waals surface area contributed by atoms with Gasteiger partial charge in [0.2, 0.25) is 0 Å². The fraction of sp³-hybridized carbons (Fsp3) is 0.0769. The van der Waals surface area contributed by atoms with Gasteiger partial charge in [-0.1, -0.05) is 0 Å². The number of hydrogen-bond donors (Lipinski definition) is 3. The molecule has 19 heavy (non-hydrogen) atoms. The molecule has 3 N–H and O–H groups in total. The number of hydrogen-bond acceptors (Lipinski definition) is 4. The van der Waals surface area contributed by atoms with Crippen molar-refractivity contribution in [1.29, 1.82) is 0 Å². The minimum atomic E-state index is -1.15. The van der Waals surface area contributed by atoms with E-state index in [1.165, 1.54) is 18.4 Å². The van der Waals surface area contributed by atoms with Gasteiger partial charge in [-0.05, 0) is 31.2 Å². The van der Waals surface area contributed by atoms with Crippen molar-refractivity contribution >= 4 is 17.6 Å². The van der Waals surface area contributed by atoms with Gasteiger partial charge in [-0.2, -0.15) is 0 Å². The summed E-state index contributed by atoms with van der Waals surface area (Å²) in [5, 5.41) is 20.9. The highest BCUT2D eigenvalue weighted by atomic mass is 16.4. The minimum absolute atomic E-state index is 0.0605. The lowest BCUT2D eigenvalue weighted by Gasteiger charge is -2.06. The average molecular weight is 261 g/mol. The number of anilines is 1. The molecule has 1 amide bonds. The molecule has 0 fully saturated rings. The molecule has 98 valence electrons. The highest BCUT2D eigenvalue weighted by molar-refractivity contribution is 6.05. The molecule has 0 saturated heterocycles. The van der Waals surface area contributed by atoms with Crippen LogP contribution in [0.2, 0.25) is 0 Å². The third-order valence-corrected chi connectivity index (χ3v) is 2.49. The molecule has 0 spiro atoms. The summed E-state index contributed by atoms with van der Waals surface area (Å²) in [6.07, 6.45) is 1.30. The number of carbonyl (C=O) groups is 2. The Labute approximate surface area is 108 Å². The van der Waals surface area contributed by atoms with Crippen molar-refractivity contribution in [3.05, 3.63) is 47.4 Å². The second-order valence-electron chi connectivity index (χ2n) is 3.94. The zero-order chi connectivity index (χ0) is 14.0. The van der Waals surface area contributed by atoms with E-state index in [9.17, 15) is 14.7 Å². The number of phenols is 1. The van der Waals surface area contributed by atoms with Crippen molar-refractivity contribution in [3.63, 3.8) is 0 Å². The number of rotatable bonds is 3. The molecular weight excluding hydrogens is 250 g/mol. The van der Waals surface area contributed by atoms with E-state index in [-0.39, 0.29) is 17.0 Å². The van der Waals surface area contributed by atoms with E-state index in [4.69, 9.17) is 9.52 Å². The van der Waals surface area contributed by atoms with Crippen LogP contribution in [0.25, 0.3) is 0 Å². The molecule has 2 rings (SSSR count). The number of furan rings is 1. The Hall–Kier alpha value is -2.76. The van der Waals surface area contributed by atoms with Crippen molar-refractivity contribution < 1.29 is 24.2 Å². The first kappa shape index (κ1) is 12.7. The molecule has 6 heteroatoms. The van der Waals surface area contributed by atoms with Gasteiger partial charge < -0.3 is 19.9 Å². The number of aromatic carboxylic acids is 1. The summed E-state index contributed by atoms with van der Waals surface area (Å²) in [5.74, 6) is -1.32. The highest BCUT2D eigenvalue weighted by Gasteiger charge is 2.13. The normalized spacial score (nSPS) is 10.2. The molecule has 1 aromatic carbocycles. The van der Waals surface area contributed by atoms with E-state index in [0.717, 1.165) is 6.07 Å². The molecule has 0 saturated carbocycles. The topological polar surface area (TPSA) is 99.8 Å². The summed E-state index contributed by atoms with van der Waals surface area (Å²) in [5.41, 5.74) is 0.391. The van der Waals surface area contributed by atoms with Gasteiger partial charge in [0.25, 0.3) is 5.91 Å². The monoisotopic (exact) mass is 261 g/mol. The van der Waals surface area contributed by atoms with Gasteiger partial charge in [0.05, 0.1) is 16.8 Å². The van der Waals surface area contributed by atoms with Crippen LogP contribution in [0.15, 0.2) is 34.9 Å². The maximum absolute atomic E-state index is 11.8. The van der Waals surface area contributed by atoms with E-state index >= 15 is 0 Å². The van der Waals surface area contributed by atoms with Gasteiger partial charge in [-0.25, -0.2) is 4.79 Å². The SMILES string of the molecule is Cc1cc(C(=O)Nc2ccc(C(=O)O)cc2O)co1. The zero-order valence-corrected chi connectivity index (χ0v) is 10.0. The minimum Gasteiger partial charge on any atom is -0.506 e. The van der Waals surface area contributed by atoms with Gasteiger partial charge in [-0.15, -0.1) is 0 Å². The fourth-order valence-electron chi connectivity index (χ4n) is 1.53. The molecule has 6 nitrogen and oxygen atoms in total. The predicted molar refractivity (Wildman–Crippen MR) is 66.5 cm³/mol. The average Bonchev–Trinajstić information content (AvgIpc) is 2.78. The number of carboxylic acid groups (broad SMARTS) is 1. The van der Waals surface area contributed by atoms with Crippen LogP contribution in [-0.4, -0.2) is 22.1 Å². The molecule has 0 radical (unpaired) electrons. The van der Waals surface area contributed by atoms with Crippen molar-refractivity contribution in [2.45, 2.75) is 6.92 Å². The van der Waals surface area contributed by atoms with E-state index in [1.807, 2.05) is 0 Å². The maximum atomic E-state index is 11.8. The number of aryl methyl sites for hydroxylation is 1. The summed E-state index contributed by atoms with van der Waals surface area (Å²) in [6.45, 7) is 1.70. The lowest BCUT2D eigenvalue weighted by molar-refractivity contribution is 0.0696. The van der Waals surface area contributed by atoms with E-state index in [2.05, 4.69) is 5.32 Å². The van der Waals surface area contributed by atoms with Crippen LogP contribution < -0.4 is 5.32 Å². The molecule has 1 aromatic heterocycles. The number of carboxylic acids is 1. The molecule has 0 aliphatic heterocycles. The van der Waals surface area contributed by atoms with Gasteiger partial charge in [0.15, 0.2) is 0 Å². The Balaban J connectivity index is 2.20. The van der Waals surface area contributed by atoms with Crippen molar-refractivity contribution in [3.8, 4) is 5.75 Å². The van der Waals surface area contributed by atoms with E-state index in [1.54, 1.807) is 13.0 Å². The second kappa shape index (κ2) is 4.85. The Bertz CT molecular complexity index is 644. The number of nitrogens with one attached hydrogen (secondary N) is 1. The van der Waals surface area contributed by atoms with E-state index < -0.39 is 11.9 Å². The Morgan fingerprint density at radius 3 is 2.47 bits per heavy atom. The Morgan fingerprint density at radius 2 is 1.95 bits per heavy atom. The second-order valence-corrected chi connectivity index (χ2v) is 3.94. The third-order valence-electron chi connectivity index (χ3n) is 2.49. The van der Waals surface area contributed by atoms with Crippen LogP contribution in [0.3, 0.4) is 0 Å². The molecule has 0 atom stereocenters. The van der Waals surface area contributed by atoms with Gasteiger partial charge in [-0.3, -0.25) is 4.79 Å². The van der Waals surface area contributed by atoms with Crippen LogP contribution in [0.4, 0.5) is 5.69 Å². The maximum Gasteiger partial charge on any atom is 0.335 e. The number of benzene rings is 1. The number of aromatic hydroxyl groups is 1. The van der Waals surface area contributed by atoms with Gasteiger partial charge in [0.1, 0.15) is 17.8 Å². The van der Waals surface area contributed by atoms with Crippen LogP contribution in [0.1, 0.15) is 26.5 Å². The highest BCUT2D eigenvalue weighted by Crippen LogP contribution is 2.25. The first-order valence-electron chi connectivity index (χ1n) is 5.40. The summed E-state index contributed by atoms with van der Waals surface area (Å²) < 4.78 is 5.00. The third kappa shape index (κ3) is 2.74. The largest absolute Gasteiger partial charge is 0.506 e. The fourth-order valence-corrected chi connectivity index (χ4v) is 1.53. The van der Waals surface area contributed by atoms with Crippen molar-refractivity contribution in [2.75, 3.05) is 5.32 Å². The molecule has 0 aliphatic rings. The molecule has 1 heterocycles. The first-order valence-corrected chi connectivity index (χ1v) is 5.40. The summed E-state index contributed by atoms with van der Waals surface area (Å²) >= 11 is 0. The quantitative estimate of drug-likeness (QED) is 0.736. The van der Waals surface area contributed by atoms with Gasteiger partial charge >= 0.3 is 5.97 Å². The molecule has 0 unspecified atom stereocenters. The summed E-state index contributed by atoms with van der Waals surface area (Å²) in [7, 11) is 0.